The fourth-order valence-electron chi connectivity index (χ4n) is 3.98. The maximum absolute atomic E-state index is 11.8. The van der Waals surface area contributed by atoms with Gasteiger partial charge in [0, 0.05) is 29.4 Å². The molecule has 0 bridgehead atoms. The van der Waals surface area contributed by atoms with Crippen LogP contribution < -0.4 is 10.0 Å². The van der Waals surface area contributed by atoms with Crippen LogP contribution in [-0.4, -0.2) is 30.4 Å². The molecule has 32 heavy (non-hydrogen) atoms. The molecule has 0 aliphatic heterocycles. The number of sulfonamides is 1. The molecule has 1 aliphatic carbocycles. The van der Waals surface area contributed by atoms with Gasteiger partial charge in [0.05, 0.1) is 11.1 Å². The molecule has 0 saturated heterocycles. The molecule has 0 saturated carbocycles. The quantitative estimate of drug-likeness (QED) is 0.430. The van der Waals surface area contributed by atoms with E-state index in [1.807, 2.05) is 36.4 Å². The highest BCUT2D eigenvalue weighted by Gasteiger charge is 2.22. The highest BCUT2D eigenvalue weighted by molar-refractivity contribution is 7.88. The Balaban J connectivity index is 1.44. The Labute approximate surface area is 191 Å². The molecule has 7 nitrogen and oxygen atoms in total. The average molecular weight is 466 g/mol. The van der Waals surface area contributed by atoms with Crippen molar-refractivity contribution >= 4 is 37.4 Å². The minimum absolute atomic E-state index is 0.0285. The topological polar surface area (TPSA) is 96.9 Å². The Bertz CT molecular complexity index is 1370. The first kappa shape index (κ1) is 21.0. The normalized spacial score (nSPS) is 13.4. The van der Waals surface area contributed by atoms with Crippen molar-refractivity contribution in [3.05, 3.63) is 70.4 Å². The smallest absolute Gasteiger partial charge is 0.215 e. The van der Waals surface area contributed by atoms with Crippen molar-refractivity contribution in [2.45, 2.75) is 31.6 Å². The Morgan fingerprint density at radius 3 is 2.62 bits per heavy atom. The summed E-state index contributed by atoms with van der Waals surface area (Å²) in [5, 5.41) is 4.64. The number of anilines is 1. The van der Waals surface area contributed by atoms with E-state index in [-0.39, 0.29) is 5.75 Å². The standard InChI is InChI=1S/C23H23N5O2S2/c1-24-32(29,30)14-16-9-7-15(8-10-16)12-26-22-20-18-5-2-6-19(18)31-23(20)28-21(27-22)17-4-3-11-25-13-17/h3-4,7-11,13,24H,2,5-6,12,14H2,1H3,(H,26,27,28). The Morgan fingerprint density at radius 2 is 1.88 bits per heavy atom. The lowest BCUT2D eigenvalue weighted by Crippen LogP contribution is -2.20. The van der Waals surface area contributed by atoms with E-state index >= 15 is 0 Å². The van der Waals surface area contributed by atoms with E-state index in [2.05, 4.69) is 15.0 Å². The molecule has 3 heterocycles. The number of fused-ring (bicyclic) bond motifs is 3. The van der Waals surface area contributed by atoms with E-state index in [0.29, 0.717) is 12.4 Å². The third-order valence-corrected chi connectivity index (χ3v) is 8.16. The van der Waals surface area contributed by atoms with Gasteiger partial charge in [0.1, 0.15) is 10.6 Å². The lowest BCUT2D eigenvalue weighted by Gasteiger charge is -2.11. The summed E-state index contributed by atoms with van der Waals surface area (Å²) in [6, 6.07) is 11.5. The summed E-state index contributed by atoms with van der Waals surface area (Å²) < 4.78 is 25.9. The molecule has 0 amide bonds. The third-order valence-electron chi connectivity index (χ3n) is 5.64. The van der Waals surface area contributed by atoms with Crippen LogP contribution >= 0.6 is 11.3 Å². The number of benzene rings is 1. The second-order valence-electron chi connectivity index (χ2n) is 7.81. The summed E-state index contributed by atoms with van der Waals surface area (Å²) in [5.74, 6) is 1.48. The van der Waals surface area contributed by atoms with Gasteiger partial charge in [-0.05, 0) is 55.1 Å². The van der Waals surface area contributed by atoms with Gasteiger partial charge in [-0.25, -0.2) is 23.1 Å². The zero-order chi connectivity index (χ0) is 22.1. The fourth-order valence-corrected chi connectivity index (χ4v) is 6.02. The number of thiophene rings is 1. The van der Waals surface area contributed by atoms with Gasteiger partial charge < -0.3 is 5.32 Å². The maximum Gasteiger partial charge on any atom is 0.215 e. The van der Waals surface area contributed by atoms with Gasteiger partial charge in [-0.1, -0.05) is 24.3 Å². The van der Waals surface area contributed by atoms with E-state index < -0.39 is 10.0 Å². The first-order valence-corrected chi connectivity index (χ1v) is 12.9. The van der Waals surface area contributed by atoms with Gasteiger partial charge >= 0.3 is 0 Å². The predicted octanol–water partition coefficient (Wildman–Crippen LogP) is 3.90. The molecule has 9 heteroatoms. The van der Waals surface area contributed by atoms with Crippen LogP contribution in [0.3, 0.4) is 0 Å². The highest BCUT2D eigenvalue weighted by atomic mass is 32.2. The highest BCUT2D eigenvalue weighted by Crippen LogP contribution is 2.40. The van der Waals surface area contributed by atoms with Crippen LogP contribution in [0, 0.1) is 0 Å². The summed E-state index contributed by atoms with van der Waals surface area (Å²) >= 11 is 1.77. The first-order valence-electron chi connectivity index (χ1n) is 10.5. The minimum atomic E-state index is -3.28. The molecule has 2 N–H and O–H groups in total. The second-order valence-corrected chi connectivity index (χ2v) is 10.8. The lowest BCUT2D eigenvalue weighted by atomic mass is 10.1. The molecule has 0 spiro atoms. The van der Waals surface area contributed by atoms with Gasteiger partial charge in [-0.2, -0.15) is 0 Å². The summed E-state index contributed by atoms with van der Waals surface area (Å²) in [7, 11) is -1.85. The van der Waals surface area contributed by atoms with Crippen LogP contribution in [0.1, 0.15) is 28.0 Å². The number of hydrogen-bond acceptors (Lipinski definition) is 7. The molecular formula is C23H23N5O2S2. The zero-order valence-corrected chi connectivity index (χ0v) is 19.3. The second kappa shape index (κ2) is 8.57. The molecular weight excluding hydrogens is 442 g/mol. The van der Waals surface area contributed by atoms with Crippen LogP contribution in [0.5, 0.6) is 0 Å². The molecule has 0 radical (unpaired) electrons. The van der Waals surface area contributed by atoms with Crippen LogP contribution in [0.15, 0.2) is 48.8 Å². The molecule has 0 unspecified atom stereocenters. The van der Waals surface area contributed by atoms with Crippen molar-refractivity contribution in [3.63, 3.8) is 0 Å². The van der Waals surface area contributed by atoms with E-state index in [1.54, 1.807) is 23.7 Å². The van der Waals surface area contributed by atoms with E-state index in [1.165, 1.54) is 23.9 Å². The van der Waals surface area contributed by atoms with Crippen LogP contribution in [0.2, 0.25) is 0 Å². The number of hydrogen-bond donors (Lipinski definition) is 2. The van der Waals surface area contributed by atoms with Crippen molar-refractivity contribution in [2.75, 3.05) is 12.4 Å². The molecule has 1 aromatic carbocycles. The summed E-state index contributed by atoms with van der Waals surface area (Å²) in [6.45, 7) is 0.586. The van der Waals surface area contributed by atoms with Crippen molar-refractivity contribution in [2.24, 2.45) is 0 Å². The number of pyridine rings is 1. The molecule has 0 atom stereocenters. The Kier molecular flexibility index (Phi) is 5.62. The van der Waals surface area contributed by atoms with Gasteiger partial charge in [0.25, 0.3) is 0 Å². The Hall–Kier alpha value is -2.88. The summed E-state index contributed by atoms with van der Waals surface area (Å²) in [6.07, 6.45) is 6.87. The molecule has 3 aromatic heterocycles. The van der Waals surface area contributed by atoms with Gasteiger partial charge in [-0.15, -0.1) is 11.3 Å². The minimum Gasteiger partial charge on any atom is -0.365 e. The predicted molar refractivity (Wildman–Crippen MR) is 128 cm³/mol. The number of nitrogens with one attached hydrogen (secondary N) is 2. The van der Waals surface area contributed by atoms with E-state index in [4.69, 9.17) is 9.97 Å². The van der Waals surface area contributed by atoms with Gasteiger partial charge in [0.15, 0.2) is 5.82 Å². The molecule has 0 fully saturated rings. The largest absolute Gasteiger partial charge is 0.365 e. The third kappa shape index (κ3) is 4.23. The number of rotatable bonds is 7. The van der Waals surface area contributed by atoms with E-state index in [0.717, 1.165) is 45.6 Å². The monoisotopic (exact) mass is 465 g/mol. The first-order chi connectivity index (χ1) is 15.5. The summed E-state index contributed by atoms with van der Waals surface area (Å²) in [4.78, 5) is 16.3. The van der Waals surface area contributed by atoms with Crippen molar-refractivity contribution < 1.29 is 8.42 Å². The van der Waals surface area contributed by atoms with Crippen LogP contribution in [0.4, 0.5) is 5.82 Å². The van der Waals surface area contributed by atoms with E-state index in [9.17, 15) is 8.42 Å². The van der Waals surface area contributed by atoms with Crippen LogP contribution in [-0.2, 0) is 35.2 Å². The number of aromatic nitrogens is 3. The van der Waals surface area contributed by atoms with Crippen molar-refractivity contribution in [1.29, 1.82) is 0 Å². The molecule has 164 valence electrons. The van der Waals surface area contributed by atoms with Crippen molar-refractivity contribution in [1.82, 2.24) is 19.7 Å². The molecule has 5 rings (SSSR count). The molecule has 4 aromatic rings. The SMILES string of the molecule is CNS(=O)(=O)Cc1ccc(CNc2nc(-c3cccnc3)nc3sc4c(c23)CCC4)cc1. The van der Waals surface area contributed by atoms with Gasteiger partial charge in [-0.3, -0.25) is 4.98 Å². The maximum atomic E-state index is 11.8. The van der Waals surface area contributed by atoms with Gasteiger partial charge in [0.2, 0.25) is 10.0 Å². The lowest BCUT2D eigenvalue weighted by molar-refractivity contribution is 0.587. The average Bonchev–Trinajstić information content (AvgIpc) is 3.40. The molecule has 1 aliphatic rings. The van der Waals surface area contributed by atoms with Crippen molar-refractivity contribution in [3.8, 4) is 11.4 Å². The number of aryl methyl sites for hydroxylation is 2. The van der Waals surface area contributed by atoms with Crippen LogP contribution in [0.25, 0.3) is 21.6 Å². The zero-order valence-electron chi connectivity index (χ0n) is 17.6. The summed E-state index contributed by atoms with van der Waals surface area (Å²) in [5.41, 5.74) is 4.07. The number of nitrogens with zero attached hydrogens (tertiary/aromatic N) is 3. The Morgan fingerprint density at radius 1 is 1.06 bits per heavy atom. The fraction of sp³-hybridized carbons (Fsp3) is 0.261.